The summed E-state index contributed by atoms with van der Waals surface area (Å²) < 4.78 is 4.99. The molecule has 0 bridgehead atoms. The van der Waals surface area contributed by atoms with E-state index in [9.17, 15) is 4.79 Å². The van der Waals surface area contributed by atoms with Gasteiger partial charge in [0.05, 0.1) is 6.61 Å². The molecule has 0 aliphatic heterocycles. The molecule has 0 saturated heterocycles. The van der Waals surface area contributed by atoms with Crippen molar-refractivity contribution < 1.29 is 9.53 Å². The van der Waals surface area contributed by atoms with E-state index in [1.807, 2.05) is 6.92 Å². The highest BCUT2D eigenvalue weighted by molar-refractivity contribution is 5.69. The van der Waals surface area contributed by atoms with Gasteiger partial charge >= 0.3 is 5.97 Å². The maximum atomic E-state index is 11.5. The summed E-state index contributed by atoms with van der Waals surface area (Å²) in [5.41, 5.74) is 13.4. The van der Waals surface area contributed by atoms with Crippen LogP contribution in [0.3, 0.4) is 0 Å². The molecule has 0 aliphatic rings. The van der Waals surface area contributed by atoms with Crippen molar-refractivity contribution in [3.05, 3.63) is 105 Å². The maximum Gasteiger partial charge on any atom is 0.306 e. The lowest BCUT2D eigenvalue weighted by Crippen LogP contribution is -2.02. The van der Waals surface area contributed by atoms with Crippen LogP contribution in [0.2, 0.25) is 0 Å². The van der Waals surface area contributed by atoms with Gasteiger partial charge in [0.1, 0.15) is 0 Å². The molecule has 0 rings (SSSR count). The zero-order valence-corrected chi connectivity index (χ0v) is 35.4. The standard InChI is InChI=1S/C49H80O2/c1-12-51-49(50)39-21-38-48(11)37-20-36-47(10)35-19-34-46(9)33-18-32-45(8)31-17-30-44(7)29-16-28-43(6)27-15-26-42(5)25-14-24-41(4)23-13-22-40(2)3/h22,24,26,28,30,32,34,36,38H,12-21,23,25,27,29,31,33,35,37,39H2,1-11H3/b41-24-,42-26-,43-28-,44-30-,45-32-,46-34-,47-36-,48-38-. The van der Waals surface area contributed by atoms with Crippen molar-refractivity contribution in [2.24, 2.45) is 0 Å². The third-order valence-corrected chi connectivity index (χ3v) is 9.46. The van der Waals surface area contributed by atoms with Gasteiger partial charge in [0.2, 0.25) is 0 Å². The molecule has 0 radical (unpaired) electrons. The van der Waals surface area contributed by atoms with Crippen molar-refractivity contribution in [3.63, 3.8) is 0 Å². The van der Waals surface area contributed by atoms with Crippen LogP contribution in [-0.4, -0.2) is 12.6 Å². The number of hydrogen-bond donors (Lipinski definition) is 0. The summed E-state index contributed by atoms with van der Waals surface area (Å²) in [4.78, 5) is 11.5. The van der Waals surface area contributed by atoms with Gasteiger partial charge in [-0.2, -0.15) is 0 Å². The van der Waals surface area contributed by atoms with Gasteiger partial charge in [0.25, 0.3) is 0 Å². The summed E-state index contributed by atoms with van der Waals surface area (Å²) in [7, 11) is 0. The quantitative estimate of drug-likeness (QED) is 0.0600. The predicted molar refractivity (Wildman–Crippen MR) is 229 cm³/mol. The van der Waals surface area contributed by atoms with Crippen LogP contribution in [0, 0.1) is 0 Å². The largest absolute Gasteiger partial charge is 0.466 e. The normalized spacial score (nSPS) is 14.3. The summed E-state index contributed by atoms with van der Waals surface area (Å²) in [6.45, 7) is 24.8. The van der Waals surface area contributed by atoms with E-state index in [0.717, 1.165) is 77.0 Å². The zero-order valence-electron chi connectivity index (χ0n) is 35.4. The summed E-state index contributed by atoms with van der Waals surface area (Å²) in [5.74, 6) is -0.101. The summed E-state index contributed by atoms with van der Waals surface area (Å²) >= 11 is 0. The highest BCUT2D eigenvalue weighted by atomic mass is 16.5. The number of carbonyl (C=O) groups excluding carboxylic acids is 1. The third-order valence-electron chi connectivity index (χ3n) is 9.46. The van der Waals surface area contributed by atoms with Crippen LogP contribution in [-0.2, 0) is 9.53 Å². The summed E-state index contributed by atoms with van der Waals surface area (Å²) in [6, 6.07) is 0. The Labute approximate surface area is 317 Å². The Kier molecular flexibility index (Phi) is 30.0. The Bertz CT molecular complexity index is 1250. The molecule has 288 valence electrons. The molecular weight excluding hydrogens is 621 g/mol. The van der Waals surface area contributed by atoms with E-state index in [1.165, 1.54) is 82.3 Å². The van der Waals surface area contributed by atoms with Crippen LogP contribution in [0.1, 0.15) is 192 Å². The topological polar surface area (TPSA) is 26.3 Å². The Morgan fingerprint density at radius 2 is 0.529 bits per heavy atom. The molecular formula is C49H80O2. The minimum absolute atomic E-state index is 0.101. The first-order valence-electron chi connectivity index (χ1n) is 20.4. The molecule has 0 atom stereocenters. The highest BCUT2D eigenvalue weighted by Crippen LogP contribution is 2.18. The number of allylic oxidation sites excluding steroid dienone is 18. The Morgan fingerprint density at radius 3 is 0.725 bits per heavy atom. The van der Waals surface area contributed by atoms with Gasteiger partial charge in [0, 0.05) is 6.42 Å². The fourth-order valence-electron chi connectivity index (χ4n) is 5.90. The molecule has 0 N–H and O–H groups in total. The first-order valence-corrected chi connectivity index (χ1v) is 20.4. The number of carbonyl (C=O) groups is 1. The Balaban J connectivity index is 4.23. The van der Waals surface area contributed by atoms with Crippen molar-refractivity contribution in [1.29, 1.82) is 0 Å². The van der Waals surface area contributed by atoms with Crippen LogP contribution in [0.15, 0.2) is 105 Å². The fourth-order valence-corrected chi connectivity index (χ4v) is 5.90. The predicted octanol–water partition coefficient (Wildman–Crippen LogP) is 16.1. The van der Waals surface area contributed by atoms with Gasteiger partial charge in [-0.05, 0) is 185 Å². The van der Waals surface area contributed by atoms with Crippen molar-refractivity contribution in [2.75, 3.05) is 6.61 Å². The van der Waals surface area contributed by atoms with Gasteiger partial charge in [-0.25, -0.2) is 0 Å². The summed E-state index contributed by atoms with van der Waals surface area (Å²) in [6.07, 6.45) is 41.1. The smallest absolute Gasteiger partial charge is 0.306 e. The summed E-state index contributed by atoms with van der Waals surface area (Å²) in [5, 5.41) is 0. The zero-order chi connectivity index (χ0) is 38.3. The average molecular weight is 701 g/mol. The minimum Gasteiger partial charge on any atom is -0.466 e. The maximum absolute atomic E-state index is 11.5. The van der Waals surface area contributed by atoms with Gasteiger partial charge in [-0.15, -0.1) is 0 Å². The fraction of sp³-hybridized carbons (Fsp3) is 0.612. The molecule has 0 fully saturated rings. The molecule has 51 heavy (non-hydrogen) atoms. The van der Waals surface area contributed by atoms with E-state index in [1.54, 1.807) is 0 Å². The van der Waals surface area contributed by atoms with Crippen molar-refractivity contribution in [2.45, 2.75) is 192 Å². The second-order valence-corrected chi connectivity index (χ2v) is 15.3. The monoisotopic (exact) mass is 701 g/mol. The van der Waals surface area contributed by atoms with Crippen LogP contribution in [0.4, 0.5) is 0 Å². The van der Waals surface area contributed by atoms with Crippen LogP contribution < -0.4 is 0 Å². The van der Waals surface area contributed by atoms with Gasteiger partial charge in [-0.1, -0.05) is 105 Å². The SMILES string of the molecule is CCOC(=O)CC/C=C(/C)CC/C=C(/C)CC/C=C(/C)CC/C=C(/C)CC/C=C(/C)CC/C=C(/C)CC/C=C(/C)CC/C=C(/C)CCC=C(C)C. The van der Waals surface area contributed by atoms with E-state index >= 15 is 0 Å². The molecule has 2 nitrogen and oxygen atoms in total. The Morgan fingerprint density at radius 1 is 0.333 bits per heavy atom. The van der Waals surface area contributed by atoms with Gasteiger partial charge < -0.3 is 4.74 Å². The highest BCUT2D eigenvalue weighted by Gasteiger charge is 2.00. The lowest BCUT2D eigenvalue weighted by molar-refractivity contribution is -0.143. The van der Waals surface area contributed by atoms with Gasteiger partial charge in [-0.3, -0.25) is 4.79 Å². The van der Waals surface area contributed by atoms with Gasteiger partial charge in [0.15, 0.2) is 0 Å². The van der Waals surface area contributed by atoms with E-state index in [2.05, 4.69) is 124 Å². The molecule has 0 heterocycles. The lowest BCUT2D eigenvalue weighted by atomic mass is 10.0. The number of hydrogen-bond acceptors (Lipinski definition) is 2. The Hall–Kier alpha value is -2.87. The van der Waals surface area contributed by atoms with Crippen molar-refractivity contribution in [1.82, 2.24) is 0 Å². The first-order chi connectivity index (χ1) is 24.3. The molecule has 0 aromatic rings. The number of esters is 1. The van der Waals surface area contributed by atoms with E-state index in [4.69, 9.17) is 4.74 Å². The lowest BCUT2D eigenvalue weighted by Gasteiger charge is -2.04. The van der Waals surface area contributed by atoms with E-state index < -0.39 is 0 Å². The molecule has 0 aliphatic carbocycles. The second kappa shape index (κ2) is 31.8. The number of rotatable bonds is 28. The molecule has 0 spiro atoms. The van der Waals surface area contributed by atoms with Crippen molar-refractivity contribution >= 4 is 5.97 Å². The third kappa shape index (κ3) is 32.8. The second-order valence-electron chi connectivity index (χ2n) is 15.3. The van der Waals surface area contributed by atoms with Crippen LogP contribution in [0.5, 0.6) is 0 Å². The molecule has 2 heteroatoms. The van der Waals surface area contributed by atoms with E-state index in [-0.39, 0.29) is 5.97 Å². The van der Waals surface area contributed by atoms with E-state index in [0.29, 0.717) is 13.0 Å². The first kappa shape index (κ1) is 48.1. The molecule has 0 amide bonds. The molecule has 0 aromatic carbocycles. The van der Waals surface area contributed by atoms with Crippen LogP contribution >= 0.6 is 0 Å². The molecule has 0 saturated carbocycles. The number of ether oxygens (including phenoxy) is 1. The molecule has 0 unspecified atom stereocenters. The van der Waals surface area contributed by atoms with Crippen molar-refractivity contribution in [3.8, 4) is 0 Å². The average Bonchev–Trinajstić information content (AvgIpc) is 3.04. The van der Waals surface area contributed by atoms with Crippen LogP contribution in [0.25, 0.3) is 0 Å². The minimum atomic E-state index is -0.101. The molecule has 0 aromatic heterocycles.